The van der Waals surface area contributed by atoms with Gasteiger partial charge in [-0.2, -0.15) is 5.10 Å². The Morgan fingerprint density at radius 2 is 1.79 bits per heavy atom. The van der Waals surface area contributed by atoms with Crippen LogP contribution in [0, 0.1) is 11.8 Å². The van der Waals surface area contributed by atoms with Crippen LogP contribution in [0.25, 0.3) is 17.0 Å². The first kappa shape index (κ1) is 27.1. The Kier molecular flexibility index (Phi) is 9.63. The summed E-state index contributed by atoms with van der Waals surface area (Å²) < 4.78 is 10.6. The molecule has 0 radical (unpaired) electrons. The molecular formula is C30H37N5O3. The molecule has 1 aromatic carbocycles. The van der Waals surface area contributed by atoms with Crippen LogP contribution in [0.4, 0.5) is 5.82 Å². The molecule has 1 aliphatic rings. The lowest BCUT2D eigenvalue weighted by atomic mass is 10.1. The lowest BCUT2D eigenvalue weighted by molar-refractivity contribution is -0.132. The van der Waals surface area contributed by atoms with Gasteiger partial charge in [0.15, 0.2) is 0 Å². The average molecular weight is 516 g/mol. The van der Waals surface area contributed by atoms with Gasteiger partial charge in [0.1, 0.15) is 23.0 Å². The number of ether oxygens (including phenoxy) is 2. The Hall–Kier alpha value is -3.99. The van der Waals surface area contributed by atoms with Gasteiger partial charge in [-0.1, -0.05) is 30.9 Å². The molecule has 1 fully saturated rings. The summed E-state index contributed by atoms with van der Waals surface area (Å²) in [7, 11) is 3.21. The largest absolute Gasteiger partial charge is 0.497 e. The van der Waals surface area contributed by atoms with Crippen LogP contribution in [0.5, 0.6) is 11.5 Å². The first-order valence-corrected chi connectivity index (χ1v) is 13.4. The van der Waals surface area contributed by atoms with E-state index < -0.39 is 0 Å². The summed E-state index contributed by atoms with van der Waals surface area (Å²) in [6, 6.07) is 5.48. The minimum Gasteiger partial charge on any atom is -0.497 e. The fourth-order valence-corrected chi connectivity index (χ4v) is 4.70. The molecule has 0 atom stereocenters. The number of aromatic amines is 1. The molecule has 0 unspecified atom stereocenters. The van der Waals surface area contributed by atoms with E-state index in [1.54, 1.807) is 26.5 Å². The molecule has 0 aliphatic carbocycles. The van der Waals surface area contributed by atoms with Gasteiger partial charge in [-0.25, -0.2) is 4.98 Å². The zero-order valence-corrected chi connectivity index (χ0v) is 22.4. The van der Waals surface area contributed by atoms with Crippen LogP contribution < -0.4 is 15.2 Å². The number of benzene rings is 1. The molecule has 38 heavy (non-hydrogen) atoms. The second kappa shape index (κ2) is 13.5. The van der Waals surface area contributed by atoms with Gasteiger partial charge in [-0.15, -0.1) is 0 Å². The van der Waals surface area contributed by atoms with Gasteiger partial charge in [0.2, 0.25) is 5.91 Å². The number of nitrogens with two attached hydrogens (primary N) is 1. The molecule has 0 bridgehead atoms. The topological polar surface area (TPSA) is 106 Å². The van der Waals surface area contributed by atoms with Crippen LogP contribution in [0.1, 0.15) is 74.6 Å². The highest BCUT2D eigenvalue weighted by atomic mass is 16.5. The second-order valence-corrected chi connectivity index (χ2v) is 9.57. The molecule has 1 amide bonds. The van der Waals surface area contributed by atoms with Crippen molar-refractivity contribution in [2.45, 2.75) is 57.8 Å². The van der Waals surface area contributed by atoms with Crippen molar-refractivity contribution < 1.29 is 14.3 Å². The second-order valence-electron chi connectivity index (χ2n) is 9.57. The van der Waals surface area contributed by atoms with E-state index in [1.807, 2.05) is 17.0 Å². The maximum absolute atomic E-state index is 12.3. The van der Waals surface area contributed by atoms with Crippen molar-refractivity contribution in [1.82, 2.24) is 20.1 Å². The number of aromatic nitrogens is 3. The molecule has 3 N–H and O–H groups in total. The Morgan fingerprint density at radius 3 is 2.53 bits per heavy atom. The van der Waals surface area contributed by atoms with Gasteiger partial charge in [-0.3, -0.25) is 9.89 Å². The van der Waals surface area contributed by atoms with E-state index in [2.05, 4.69) is 39.2 Å². The van der Waals surface area contributed by atoms with Crippen molar-refractivity contribution in [2.75, 3.05) is 33.0 Å². The number of piperidine rings is 1. The standard InChI is InChI=1S/C30H37N5O3/c1-37-24-18-22(19-25(20-24)38-2)14-15-26-28-29(34-33-26)23(21-32-30(28)31)12-8-5-3-4-6-9-13-27(36)35-16-10-7-11-17-35/h8,12,18-21H,3-7,9-11,13,16-17H2,1-2H3,(H2,31,32)(H,33,34)/b12-8+. The zero-order chi connectivity index (χ0) is 26.7. The molecule has 2 aromatic heterocycles. The van der Waals surface area contributed by atoms with Crippen molar-refractivity contribution in [1.29, 1.82) is 0 Å². The Bertz CT molecular complexity index is 1310. The number of hydrogen-bond acceptors (Lipinski definition) is 6. The summed E-state index contributed by atoms with van der Waals surface area (Å²) in [6.45, 7) is 1.89. The number of carbonyl (C=O) groups excluding carboxylic acids is 1. The quantitative estimate of drug-likeness (QED) is 0.279. The van der Waals surface area contributed by atoms with E-state index in [0.717, 1.165) is 74.7 Å². The summed E-state index contributed by atoms with van der Waals surface area (Å²) in [5.41, 5.74) is 9.22. The minimum absolute atomic E-state index is 0.330. The highest BCUT2D eigenvalue weighted by Gasteiger charge is 2.15. The Morgan fingerprint density at radius 1 is 1.05 bits per heavy atom. The van der Waals surface area contributed by atoms with Crippen LogP contribution in [0.3, 0.4) is 0 Å². The maximum Gasteiger partial charge on any atom is 0.222 e. The number of anilines is 1. The number of amides is 1. The van der Waals surface area contributed by atoms with Gasteiger partial charge in [0.05, 0.1) is 25.1 Å². The minimum atomic E-state index is 0.330. The number of methoxy groups -OCH3 is 2. The van der Waals surface area contributed by atoms with Crippen molar-refractivity contribution in [3.05, 3.63) is 47.3 Å². The number of H-pyrrole nitrogens is 1. The fourth-order valence-electron chi connectivity index (χ4n) is 4.70. The molecule has 200 valence electrons. The number of allylic oxidation sites excluding steroid dienone is 1. The first-order chi connectivity index (χ1) is 18.6. The number of hydrogen-bond donors (Lipinski definition) is 2. The molecule has 8 heteroatoms. The summed E-state index contributed by atoms with van der Waals surface area (Å²) >= 11 is 0. The highest BCUT2D eigenvalue weighted by molar-refractivity contribution is 5.97. The van der Waals surface area contributed by atoms with Crippen LogP contribution in [0.2, 0.25) is 0 Å². The number of fused-ring (bicyclic) bond motifs is 1. The molecule has 3 aromatic rings. The number of nitrogens with one attached hydrogen (secondary N) is 1. The lowest BCUT2D eigenvalue weighted by Crippen LogP contribution is -2.35. The first-order valence-electron chi connectivity index (χ1n) is 13.4. The van der Waals surface area contributed by atoms with Crippen LogP contribution in [-0.4, -0.2) is 53.3 Å². The monoisotopic (exact) mass is 515 g/mol. The van der Waals surface area contributed by atoms with Gasteiger partial charge < -0.3 is 20.1 Å². The number of unbranched alkanes of at least 4 members (excludes halogenated alkanes) is 4. The predicted octanol–water partition coefficient (Wildman–Crippen LogP) is 5.32. The van der Waals surface area contributed by atoms with E-state index >= 15 is 0 Å². The van der Waals surface area contributed by atoms with Crippen LogP contribution >= 0.6 is 0 Å². The molecule has 0 saturated carbocycles. The molecular weight excluding hydrogens is 478 g/mol. The fraction of sp³-hybridized carbons (Fsp3) is 0.433. The lowest BCUT2D eigenvalue weighted by Gasteiger charge is -2.26. The van der Waals surface area contributed by atoms with Crippen molar-refractivity contribution in [3.8, 4) is 23.3 Å². The maximum atomic E-state index is 12.3. The van der Waals surface area contributed by atoms with E-state index in [4.69, 9.17) is 15.2 Å². The van der Waals surface area contributed by atoms with E-state index in [0.29, 0.717) is 40.7 Å². The van der Waals surface area contributed by atoms with Gasteiger partial charge in [-0.05, 0) is 56.6 Å². The third-order valence-electron chi connectivity index (χ3n) is 6.85. The summed E-state index contributed by atoms with van der Waals surface area (Å²) in [4.78, 5) is 18.7. The van der Waals surface area contributed by atoms with E-state index in [1.165, 1.54) is 6.42 Å². The molecule has 3 heterocycles. The third kappa shape index (κ3) is 7.06. The van der Waals surface area contributed by atoms with Gasteiger partial charge >= 0.3 is 0 Å². The van der Waals surface area contributed by atoms with Crippen molar-refractivity contribution in [3.63, 3.8) is 0 Å². The van der Waals surface area contributed by atoms with Crippen molar-refractivity contribution in [2.24, 2.45) is 0 Å². The molecule has 1 saturated heterocycles. The van der Waals surface area contributed by atoms with Gasteiger partial charge in [0.25, 0.3) is 0 Å². The summed E-state index contributed by atoms with van der Waals surface area (Å²) in [5.74, 6) is 8.27. The number of nitrogen functional groups attached to an aromatic ring is 1. The van der Waals surface area contributed by atoms with Crippen molar-refractivity contribution >= 4 is 28.7 Å². The predicted molar refractivity (Wildman–Crippen MR) is 151 cm³/mol. The summed E-state index contributed by atoms with van der Waals surface area (Å²) in [6.07, 6.45) is 15.4. The summed E-state index contributed by atoms with van der Waals surface area (Å²) in [5, 5.41) is 8.19. The van der Waals surface area contributed by atoms with E-state index in [-0.39, 0.29) is 0 Å². The highest BCUT2D eigenvalue weighted by Crippen LogP contribution is 2.26. The Balaban J connectivity index is 1.31. The molecule has 4 rings (SSSR count). The average Bonchev–Trinajstić information content (AvgIpc) is 3.39. The molecule has 8 nitrogen and oxygen atoms in total. The van der Waals surface area contributed by atoms with Gasteiger partial charge in [0, 0.05) is 42.9 Å². The number of rotatable bonds is 10. The number of likely N-dealkylation sites (tertiary alicyclic amines) is 1. The molecule has 1 aliphatic heterocycles. The SMILES string of the molecule is COc1cc(C#Cc2n[nH]c3c(/C=C/CCCCCCC(=O)N4CCCCC4)cnc(N)c23)cc(OC)c1. The van der Waals surface area contributed by atoms with Crippen LogP contribution in [0.15, 0.2) is 30.5 Å². The number of carbonyl (C=O) groups is 1. The molecule has 0 spiro atoms. The van der Waals surface area contributed by atoms with E-state index in [9.17, 15) is 4.79 Å². The number of nitrogens with zero attached hydrogens (tertiary/aromatic N) is 3. The van der Waals surface area contributed by atoms with Crippen LogP contribution in [-0.2, 0) is 4.79 Å². The zero-order valence-electron chi connectivity index (χ0n) is 22.4. The number of pyridine rings is 1. The third-order valence-corrected chi connectivity index (χ3v) is 6.85. The smallest absolute Gasteiger partial charge is 0.222 e. The Labute approximate surface area is 224 Å². The normalized spacial score (nSPS) is 13.5.